The molecule has 1 N–H and O–H groups in total. The van der Waals surface area contributed by atoms with Crippen molar-refractivity contribution in [3.05, 3.63) is 27.7 Å². The summed E-state index contributed by atoms with van der Waals surface area (Å²) >= 11 is 3.46. The fraction of sp³-hybridized carbons (Fsp3) is 0.538. The Bertz CT molecular complexity index is 517. The molecule has 20 heavy (non-hydrogen) atoms. The molecule has 0 saturated carbocycles. The van der Waals surface area contributed by atoms with Gasteiger partial charge >= 0.3 is 0 Å². The molecular weight excluding hydrogens is 290 g/mol. The van der Waals surface area contributed by atoms with Crippen LogP contribution in [-0.2, 0) is 13.1 Å². The number of anilines is 1. The number of hydrogen-bond donors (Lipinski definition) is 1. The van der Waals surface area contributed by atoms with E-state index in [4.69, 9.17) is 0 Å². The van der Waals surface area contributed by atoms with Gasteiger partial charge in [0.05, 0.1) is 5.69 Å². The number of nitrogens with one attached hydrogen (secondary N) is 1. The Morgan fingerprint density at radius 2 is 2.10 bits per heavy atom. The van der Waals surface area contributed by atoms with Crippen molar-refractivity contribution in [2.45, 2.75) is 13.1 Å². The van der Waals surface area contributed by atoms with Gasteiger partial charge < -0.3 is 10.2 Å². The number of aromatic nitrogens is 2. The molecule has 0 aromatic carbocycles. The average molecular weight is 309 g/mol. The maximum absolute atomic E-state index is 4.65. The first-order chi connectivity index (χ1) is 9.85. The summed E-state index contributed by atoms with van der Waals surface area (Å²) in [4.78, 5) is 13.9. The van der Waals surface area contributed by atoms with E-state index >= 15 is 0 Å². The first kappa shape index (κ1) is 13.9. The van der Waals surface area contributed by atoms with Gasteiger partial charge in [-0.15, -0.1) is 22.7 Å². The van der Waals surface area contributed by atoms with Crippen molar-refractivity contribution in [2.24, 2.45) is 0 Å². The van der Waals surface area contributed by atoms with Crippen LogP contribution in [0.15, 0.2) is 17.0 Å². The van der Waals surface area contributed by atoms with E-state index in [2.05, 4.69) is 30.5 Å². The number of thiazole rings is 2. The van der Waals surface area contributed by atoms with Gasteiger partial charge in [0, 0.05) is 56.2 Å². The van der Waals surface area contributed by atoms with Crippen molar-refractivity contribution in [1.82, 2.24) is 20.2 Å². The molecule has 0 radical (unpaired) electrons. The van der Waals surface area contributed by atoms with E-state index in [-0.39, 0.29) is 0 Å². The predicted octanol–water partition coefficient (Wildman–Crippen LogP) is 1.64. The second kappa shape index (κ2) is 6.62. The first-order valence-electron chi connectivity index (χ1n) is 6.80. The van der Waals surface area contributed by atoms with Crippen LogP contribution in [0.2, 0.25) is 0 Å². The van der Waals surface area contributed by atoms with Gasteiger partial charge in [0.1, 0.15) is 5.01 Å². The van der Waals surface area contributed by atoms with Crippen LogP contribution in [0.5, 0.6) is 0 Å². The van der Waals surface area contributed by atoms with Crippen molar-refractivity contribution in [3.8, 4) is 0 Å². The SMILES string of the molecule is CNCc1nc(CN2CCN(c3nccs3)CC2)cs1. The van der Waals surface area contributed by atoms with E-state index in [1.54, 1.807) is 22.7 Å². The molecule has 1 saturated heterocycles. The molecule has 3 rings (SSSR count). The Kier molecular flexibility index (Phi) is 4.62. The molecule has 2 aromatic heterocycles. The summed E-state index contributed by atoms with van der Waals surface area (Å²) in [6.07, 6.45) is 1.88. The summed E-state index contributed by atoms with van der Waals surface area (Å²) in [7, 11) is 1.96. The summed E-state index contributed by atoms with van der Waals surface area (Å²) in [6, 6.07) is 0. The Labute approximate surface area is 127 Å². The van der Waals surface area contributed by atoms with Crippen LogP contribution >= 0.6 is 22.7 Å². The number of rotatable bonds is 5. The van der Waals surface area contributed by atoms with Gasteiger partial charge in [0.15, 0.2) is 5.13 Å². The number of nitrogens with zero attached hydrogens (tertiary/aromatic N) is 4. The number of piperazine rings is 1. The monoisotopic (exact) mass is 309 g/mol. The molecule has 0 unspecified atom stereocenters. The fourth-order valence-corrected chi connectivity index (χ4v) is 3.85. The molecule has 1 aliphatic rings. The average Bonchev–Trinajstić information content (AvgIpc) is 3.12. The molecule has 0 bridgehead atoms. The molecule has 5 nitrogen and oxygen atoms in total. The van der Waals surface area contributed by atoms with E-state index in [0.29, 0.717) is 0 Å². The van der Waals surface area contributed by atoms with Crippen molar-refractivity contribution < 1.29 is 0 Å². The lowest BCUT2D eigenvalue weighted by atomic mass is 10.3. The van der Waals surface area contributed by atoms with Crippen LogP contribution in [0.3, 0.4) is 0 Å². The molecular formula is C13H19N5S2. The first-order valence-corrected chi connectivity index (χ1v) is 8.56. The van der Waals surface area contributed by atoms with Crippen molar-refractivity contribution in [1.29, 1.82) is 0 Å². The lowest BCUT2D eigenvalue weighted by Crippen LogP contribution is -2.46. The normalized spacial score (nSPS) is 16.8. The highest BCUT2D eigenvalue weighted by atomic mass is 32.1. The lowest BCUT2D eigenvalue weighted by Gasteiger charge is -2.34. The predicted molar refractivity (Wildman–Crippen MR) is 84.5 cm³/mol. The zero-order valence-electron chi connectivity index (χ0n) is 11.6. The van der Waals surface area contributed by atoms with Crippen LogP contribution in [0.4, 0.5) is 5.13 Å². The molecule has 0 spiro atoms. The summed E-state index contributed by atoms with van der Waals surface area (Å²) < 4.78 is 0. The van der Waals surface area contributed by atoms with Crippen molar-refractivity contribution in [2.75, 3.05) is 38.1 Å². The van der Waals surface area contributed by atoms with Crippen LogP contribution in [0.25, 0.3) is 0 Å². The maximum atomic E-state index is 4.65. The van der Waals surface area contributed by atoms with Gasteiger partial charge in [-0.05, 0) is 7.05 Å². The molecule has 7 heteroatoms. The second-order valence-electron chi connectivity index (χ2n) is 4.84. The number of hydrogen-bond acceptors (Lipinski definition) is 7. The summed E-state index contributed by atoms with van der Waals surface area (Å²) in [5, 5.41) is 9.68. The Balaban J connectivity index is 1.50. The maximum Gasteiger partial charge on any atom is 0.185 e. The Morgan fingerprint density at radius 1 is 1.25 bits per heavy atom. The molecule has 1 fully saturated rings. The zero-order chi connectivity index (χ0) is 13.8. The molecule has 2 aromatic rings. The molecule has 108 valence electrons. The fourth-order valence-electron chi connectivity index (χ4n) is 2.35. The van der Waals surface area contributed by atoms with Crippen LogP contribution in [0, 0.1) is 0 Å². The Morgan fingerprint density at radius 3 is 2.80 bits per heavy atom. The zero-order valence-corrected chi connectivity index (χ0v) is 13.2. The molecule has 1 aliphatic heterocycles. The smallest absolute Gasteiger partial charge is 0.185 e. The minimum absolute atomic E-state index is 0.864. The highest BCUT2D eigenvalue weighted by Gasteiger charge is 2.19. The summed E-state index contributed by atoms with van der Waals surface area (Å²) in [6.45, 7) is 6.10. The standard InChI is InChI=1S/C13H19N5S2/c1-14-8-12-16-11(10-20-12)9-17-3-5-18(6-4-17)13-15-2-7-19-13/h2,7,10,14H,3-6,8-9H2,1H3. The van der Waals surface area contributed by atoms with E-state index < -0.39 is 0 Å². The van der Waals surface area contributed by atoms with E-state index in [1.165, 1.54) is 10.7 Å². The molecule has 0 aliphatic carbocycles. The van der Waals surface area contributed by atoms with Crippen LogP contribution in [0.1, 0.15) is 10.7 Å². The highest BCUT2D eigenvalue weighted by Crippen LogP contribution is 2.20. The molecule has 0 atom stereocenters. The van der Waals surface area contributed by atoms with E-state index in [9.17, 15) is 0 Å². The third-order valence-corrected chi connectivity index (χ3v) is 5.10. The highest BCUT2D eigenvalue weighted by molar-refractivity contribution is 7.13. The second-order valence-corrected chi connectivity index (χ2v) is 6.66. The van der Waals surface area contributed by atoms with Crippen LogP contribution in [-0.4, -0.2) is 48.1 Å². The van der Waals surface area contributed by atoms with E-state index in [1.807, 2.05) is 18.6 Å². The van der Waals surface area contributed by atoms with Crippen molar-refractivity contribution in [3.63, 3.8) is 0 Å². The van der Waals surface area contributed by atoms with E-state index in [0.717, 1.165) is 44.4 Å². The molecule has 3 heterocycles. The topological polar surface area (TPSA) is 44.3 Å². The summed E-state index contributed by atoms with van der Waals surface area (Å²) in [5.41, 5.74) is 1.20. The third kappa shape index (κ3) is 3.35. The van der Waals surface area contributed by atoms with Gasteiger partial charge in [-0.25, -0.2) is 9.97 Å². The van der Waals surface area contributed by atoms with Gasteiger partial charge in [0.2, 0.25) is 0 Å². The van der Waals surface area contributed by atoms with Crippen molar-refractivity contribution >= 4 is 27.8 Å². The summed E-state index contributed by atoms with van der Waals surface area (Å²) in [5.74, 6) is 0. The Hall–Kier alpha value is -1.02. The minimum atomic E-state index is 0.864. The van der Waals surface area contributed by atoms with Crippen LogP contribution < -0.4 is 10.2 Å². The largest absolute Gasteiger partial charge is 0.346 e. The quantitative estimate of drug-likeness (QED) is 0.910. The lowest BCUT2D eigenvalue weighted by molar-refractivity contribution is 0.247. The third-order valence-electron chi connectivity index (χ3n) is 3.38. The minimum Gasteiger partial charge on any atom is -0.346 e. The van der Waals surface area contributed by atoms with Gasteiger partial charge in [-0.3, -0.25) is 4.90 Å². The van der Waals surface area contributed by atoms with Gasteiger partial charge in [-0.2, -0.15) is 0 Å². The van der Waals surface area contributed by atoms with Gasteiger partial charge in [-0.1, -0.05) is 0 Å². The molecule has 0 amide bonds. The van der Waals surface area contributed by atoms with Gasteiger partial charge in [0.25, 0.3) is 0 Å².